The highest BCUT2D eigenvalue weighted by Gasteiger charge is 1.95. The van der Waals surface area contributed by atoms with Crippen LogP contribution in [-0.4, -0.2) is 10.2 Å². The van der Waals surface area contributed by atoms with E-state index >= 15 is 0 Å². The Bertz CT molecular complexity index is 305. The van der Waals surface area contributed by atoms with Gasteiger partial charge in [-0.25, -0.2) is 0 Å². The molecule has 0 bridgehead atoms. The zero-order valence-electron chi connectivity index (χ0n) is 6.44. The van der Waals surface area contributed by atoms with Gasteiger partial charge in [-0.05, 0) is 18.2 Å². The van der Waals surface area contributed by atoms with Crippen molar-refractivity contribution in [1.29, 1.82) is 0 Å². The van der Waals surface area contributed by atoms with Gasteiger partial charge in [-0.15, -0.1) is 0 Å². The van der Waals surface area contributed by atoms with E-state index in [1.807, 2.05) is 36.4 Å². The van der Waals surface area contributed by atoms with E-state index in [0.29, 0.717) is 0 Å². The average Bonchev–Trinajstić information content (AvgIpc) is 2.21. The van der Waals surface area contributed by atoms with Crippen LogP contribution < -0.4 is 0 Å². The Balaban J connectivity index is 2.46. The number of hydrogen-bond donors (Lipinski definition) is 0. The van der Waals surface area contributed by atoms with Gasteiger partial charge in [-0.1, -0.05) is 24.3 Å². The maximum Gasteiger partial charge on any atom is 0.0935 e. The largest absolute Gasteiger partial charge is 0.159 e. The zero-order valence-corrected chi connectivity index (χ0v) is 6.44. The van der Waals surface area contributed by atoms with Crippen molar-refractivity contribution in [3.05, 3.63) is 48.7 Å². The summed E-state index contributed by atoms with van der Waals surface area (Å²) < 4.78 is 0. The second kappa shape index (κ2) is 3.13. The molecule has 0 spiro atoms. The fourth-order valence-electron chi connectivity index (χ4n) is 0.998. The Morgan fingerprint density at radius 1 is 1.08 bits per heavy atom. The van der Waals surface area contributed by atoms with Crippen LogP contribution in [0.5, 0.6) is 0 Å². The molecule has 1 aromatic carbocycles. The molecule has 1 radical (unpaired) electrons. The maximum absolute atomic E-state index is 3.97. The predicted octanol–water partition coefficient (Wildman–Crippen LogP) is 1.94. The van der Waals surface area contributed by atoms with Crippen molar-refractivity contribution in [3.63, 3.8) is 0 Å². The maximum atomic E-state index is 3.97. The first-order valence-corrected chi connectivity index (χ1v) is 3.71. The van der Waals surface area contributed by atoms with Crippen molar-refractivity contribution in [2.45, 2.75) is 0 Å². The lowest BCUT2D eigenvalue weighted by Gasteiger charge is -1.95. The van der Waals surface area contributed by atoms with Gasteiger partial charge < -0.3 is 0 Å². The first kappa shape index (κ1) is 6.98. The fraction of sp³-hybridized carbons (Fsp3) is 0. The van der Waals surface area contributed by atoms with Gasteiger partial charge in [0.15, 0.2) is 0 Å². The summed E-state index contributed by atoms with van der Waals surface area (Å²) in [6.07, 6.45) is 1.66. The lowest BCUT2D eigenvalue weighted by Crippen LogP contribution is -1.84. The standard InChI is InChI=1S/C10H7N2/c1-2-5-9(6-3-1)10-7-4-8-11-12-10/h1-5,7-8H. The zero-order chi connectivity index (χ0) is 8.23. The smallest absolute Gasteiger partial charge is 0.0935 e. The normalized spacial score (nSPS) is 9.67. The summed E-state index contributed by atoms with van der Waals surface area (Å²) in [5.41, 5.74) is 1.84. The van der Waals surface area contributed by atoms with Gasteiger partial charge in [0.05, 0.1) is 5.69 Å². The molecule has 0 atom stereocenters. The summed E-state index contributed by atoms with van der Waals surface area (Å²) in [6.45, 7) is 0. The fourth-order valence-corrected chi connectivity index (χ4v) is 0.998. The lowest BCUT2D eigenvalue weighted by molar-refractivity contribution is 1.04. The Morgan fingerprint density at radius 3 is 2.75 bits per heavy atom. The van der Waals surface area contributed by atoms with E-state index in [1.165, 1.54) is 0 Å². The molecular formula is C10H7N2. The monoisotopic (exact) mass is 155 g/mol. The van der Waals surface area contributed by atoms with Gasteiger partial charge in [-0.2, -0.15) is 10.2 Å². The van der Waals surface area contributed by atoms with Crippen molar-refractivity contribution in [1.82, 2.24) is 10.2 Å². The Morgan fingerprint density at radius 2 is 2.08 bits per heavy atom. The third kappa shape index (κ3) is 1.32. The molecule has 12 heavy (non-hydrogen) atoms. The second-order valence-corrected chi connectivity index (χ2v) is 2.39. The van der Waals surface area contributed by atoms with E-state index in [0.717, 1.165) is 11.3 Å². The minimum Gasteiger partial charge on any atom is -0.159 e. The van der Waals surface area contributed by atoms with Crippen LogP contribution in [0.2, 0.25) is 0 Å². The van der Waals surface area contributed by atoms with Crippen LogP contribution in [0.3, 0.4) is 0 Å². The SMILES string of the molecule is [c]1ccccc1-c1cccnn1. The molecule has 1 aromatic heterocycles. The number of benzene rings is 1. The summed E-state index contributed by atoms with van der Waals surface area (Å²) in [4.78, 5) is 0. The van der Waals surface area contributed by atoms with E-state index in [9.17, 15) is 0 Å². The second-order valence-electron chi connectivity index (χ2n) is 2.39. The van der Waals surface area contributed by atoms with E-state index in [-0.39, 0.29) is 0 Å². The van der Waals surface area contributed by atoms with Gasteiger partial charge in [0.1, 0.15) is 0 Å². The van der Waals surface area contributed by atoms with Crippen molar-refractivity contribution in [2.75, 3.05) is 0 Å². The van der Waals surface area contributed by atoms with Gasteiger partial charge in [-0.3, -0.25) is 0 Å². The number of nitrogens with zero attached hydrogens (tertiary/aromatic N) is 2. The highest BCUT2D eigenvalue weighted by Crippen LogP contribution is 2.12. The molecule has 0 fully saturated rings. The quantitative estimate of drug-likeness (QED) is 0.629. The van der Waals surface area contributed by atoms with Crippen molar-refractivity contribution in [3.8, 4) is 11.3 Å². The molecular weight excluding hydrogens is 148 g/mol. The van der Waals surface area contributed by atoms with Crippen molar-refractivity contribution < 1.29 is 0 Å². The highest BCUT2D eigenvalue weighted by atomic mass is 15.1. The molecule has 0 saturated carbocycles. The molecule has 57 valence electrons. The molecule has 0 saturated heterocycles. The van der Waals surface area contributed by atoms with Crippen LogP contribution in [0.1, 0.15) is 0 Å². The van der Waals surface area contributed by atoms with Crippen LogP contribution in [-0.2, 0) is 0 Å². The molecule has 1 heterocycles. The van der Waals surface area contributed by atoms with Crippen molar-refractivity contribution in [2.24, 2.45) is 0 Å². The van der Waals surface area contributed by atoms with E-state index in [4.69, 9.17) is 0 Å². The van der Waals surface area contributed by atoms with Crippen molar-refractivity contribution >= 4 is 0 Å². The molecule has 0 amide bonds. The Kier molecular flexibility index (Phi) is 1.82. The topological polar surface area (TPSA) is 25.8 Å². The van der Waals surface area contributed by atoms with Crippen LogP contribution in [0.4, 0.5) is 0 Å². The molecule has 2 nitrogen and oxygen atoms in total. The van der Waals surface area contributed by atoms with Crippen LogP contribution in [0, 0.1) is 6.07 Å². The van der Waals surface area contributed by atoms with Crippen LogP contribution in [0.25, 0.3) is 11.3 Å². The van der Waals surface area contributed by atoms with Crippen LogP contribution >= 0.6 is 0 Å². The summed E-state index contributed by atoms with van der Waals surface area (Å²) in [5.74, 6) is 0. The Labute approximate surface area is 70.9 Å². The average molecular weight is 155 g/mol. The van der Waals surface area contributed by atoms with Gasteiger partial charge in [0.25, 0.3) is 0 Å². The number of rotatable bonds is 1. The third-order valence-electron chi connectivity index (χ3n) is 1.56. The number of aromatic nitrogens is 2. The summed E-state index contributed by atoms with van der Waals surface area (Å²) >= 11 is 0. The minimum atomic E-state index is 0.859. The molecule has 2 heteroatoms. The first-order valence-electron chi connectivity index (χ1n) is 3.71. The summed E-state index contributed by atoms with van der Waals surface area (Å²) in [6, 6.07) is 14.6. The van der Waals surface area contributed by atoms with E-state index < -0.39 is 0 Å². The molecule has 0 N–H and O–H groups in total. The van der Waals surface area contributed by atoms with E-state index in [2.05, 4.69) is 16.3 Å². The number of hydrogen-bond acceptors (Lipinski definition) is 2. The summed E-state index contributed by atoms with van der Waals surface area (Å²) in [5, 5.41) is 7.76. The minimum absolute atomic E-state index is 0.859. The van der Waals surface area contributed by atoms with Crippen LogP contribution in [0.15, 0.2) is 42.6 Å². The Hall–Kier alpha value is -1.70. The first-order chi connectivity index (χ1) is 5.97. The lowest BCUT2D eigenvalue weighted by atomic mass is 10.1. The summed E-state index contributed by atoms with van der Waals surface area (Å²) in [7, 11) is 0. The molecule has 2 aromatic rings. The molecule has 0 aliphatic carbocycles. The van der Waals surface area contributed by atoms with Gasteiger partial charge in [0.2, 0.25) is 0 Å². The molecule has 2 rings (SSSR count). The van der Waals surface area contributed by atoms with Gasteiger partial charge in [0, 0.05) is 11.8 Å². The highest BCUT2D eigenvalue weighted by molar-refractivity contribution is 5.56. The molecule has 0 aliphatic heterocycles. The predicted molar refractivity (Wildman–Crippen MR) is 46.3 cm³/mol. The third-order valence-corrected chi connectivity index (χ3v) is 1.56. The molecule has 0 unspecified atom stereocenters. The van der Waals surface area contributed by atoms with E-state index in [1.54, 1.807) is 6.20 Å². The molecule has 0 aliphatic rings. The van der Waals surface area contributed by atoms with Gasteiger partial charge >= 0.3 is 0 Å².